The van der Waals surface area contributed by atoms with Crippen LogP contribution in [-0.2, 0) is 21.0 Å². The molecule has 0 aromatic heterocycles. The monoisotopic (exact) mass is 303 g/mol. The summed E-state index contributed by atoms with van der Waals surface area (Å²) >= 11 is 0. The van der Waals surface area contributed by atoms with Crippen LogP contribution in [0.25, 0.3) is 0 Å². The summed E-state index contributed by atoms with van der Waals surface area (Å²) in [5, 5.41) is 0. The predicted octanol–water partition coefficient (Wildman–Crippen LogP) is 3.54. The third-order valence-corrected chi connectivity index (χ3v) is 5.08. The molecule has 3 nitrogen and oxygen atoms in total. The number of rotatable bonds is 3. The molecule has 0 spiro atoms. The second kappa shape index (κ2) is 5.53. The highest BCUT2D eigenvalue weighted by atomic mass is 32.2. The van der Waals surface area contributed by atoms with E-state index in [2.05, 4.69) is 20.8 Å². The first-order chi connectivity index (χ1) is 9.68. The Balaban J connectivity index is 2.25. The Kier molecular flexibility index (Phi) is 4.10. The molecule has 0 amide bonds. The van der Waals surface area contributed by atoms with Crippen LogP contribution in [0.15, 0.2) is 53.4 Å². The first-order valence-corrected chi connectivity index (χ1v) is 8.51. The Bertz CT molecular complexity index is 726. The Morgan fingerprint density at radius 3 is 2.14 bits per heavy atom. The van der Waals surface area contributed by atoms with Gasteiger partial charge in [0.25, 0.3) is 0 Å². The van der Waals surface area contributed by atoms with E-state index in [4.69, 9.17) is 5.73 Å². The van der Waals surface area contributed by atoms with E-state index in [1.807, 2.05) is 24.3 Å². The molecule has 2 aromatic carbocycles. The average molecular weight is 303 g/mol. The van der Waals surface area contributed by atoms with Crippen molar-refractivity contribution in [2.75, 3.05) is 5.73 Å². The molecule has 0 aliphatic carbocycles. The lowest BCUT2D eigenvalue weighted by atomic mass is 9.87. The van der Waals surface area contributed by atoms with Crippen molar-refractivity contribution >= 4 is 15.5 Å². The maximum Gasteiger partial charge on any atom is 0.182 e. The first kappa shape index (κ1) is 15.6. The first-order valence-electron chi connectivity index (χ1n) is 6.86. The lowest BCUT2D eigenvalue weighted by molar-refractivity contribution is 0.589. The lowest BCUT2D eigenvalue weighted by Crippen LogP contribution is -2.11. The van der Waals surface area contributed by atoms with E-state index in [0.717, 1.165) is 5.56 Å². The van der Waals surface area contributed by atoms with Crippen molar-refractivity contribution in [1.29, 1.82) is 0 Å². The summed E-state index contributed by atoms with van der Waals surface area (Å²) in [6.07, 6.45) is 0. The second-order valence-corrected chi connectivity index (χ2v) is 8.27. The highest BCUT2D eigenvalue weighted by molar-refractivity contribution is 7.90. The number of benzene rings is 2. The van der Waals surface area contributed by atoms with E-state index in [9.17, 15) is 8.42 Å². The Morgan fingerprint density at radius 1 is 1.00 bits per heavy atom. The Labute approximate surface area is 126 Å². The maximum atomic E-state index is 12.4. The largest absolute Gasteiger partial charge is 0.399 e. The van der Waals surface area contributed by atoms with Gasteiger partial charge >= 0.3 is 0 Å². The highest BCUT2D eigenvalue weighted by Crippen LogP contribution is 2.24. The minimum Gasteiger partial charge on any atom is -0.399 e. The van der Waals surface area contributed by atoms with Gasteiger partial charge in [-0.1, -0.05) is 51.1 Å². The van der Waals surface area contributed by atoms with Crippen LogP contribution in [0.2, 0.25) is 0 Å². The number of nitrogen functional groups attached to an aromatic ring is 1. The second-order valence-electron chi connectivity index (χ2n) is 6.28. The van der Waals surface area contributed by atoms with Crippen molar-refractivity contribution in [2.24, 2.45) is 0 Å². The zero-order valence-electron chi connectivity index (χ0n) is 12.6. The van der Waals surface area contributed by atoms with Crippen molar-refractivity contribution < 1.29 is 8.42 Å². The topological polar surface area (TPSA) is 60.2 Å². The van der Waals surface area contributed by atoms with E-state index < -0.39 is 9.84 Å². The van der Waals surface area contributed by atoms with Crippen LogP contribution in [-0.4, -0.2) is 8.42 Å². The van der Waals surface area contributed by atoms with Crippen LogP contribution in [0.1, 0.15) is 31.9 Å². The third-order valence-electron chi connectivity index (χ3n) is 3.39. The van der Waals surface area contributed by atoms with Crippen LogP contribution in [0, 0.1) is 0 Å². The molecule has 2 rings (SSSR count). The molecule has 0 aliphatic rings. The Morgan fingerprint density at radius 2 is 1.62 bits per heavy atom. The van der Waals surface area contributed by atoms with Gasteiger partial charge in [0.05, 0.1) is 10.6 Å². The standard InChI is InChI=1S/C17H21NO2S/c1-17(2,3)14-9-7-13(8-10-14)12-21(19,20)16-6-4-5-15(18)11-16/h4-11H,12,18H2,1-3H3. The summed E-state index contributed by atoms with van der Waals surface area (Å²) in [4.78, 5) is 0.266. The molecule has 0 unspecified atom stereocenters. The number of sulfone groups is 1. The SMILES string of the molecule is CC(C)(C)c1ccc(CS(=O)(=O)c2cccc(N)c2)cc1. The molecule has 0 saturated carbocycles. The van der Waals surface area contributed by atoms with E-state index in [1.165, 1.54) is 11.6 Å². The van der Waals surface area contributed by atoms with Gasteiger partial charge in [0, 0.05) is 5.69 Å². The van der Waals surface area contributed by atoms with Crippen molar-refractivity contribution in [3.05, 3.63) is 59.7 Å². The molecular weight excluding hydrogens is 282 g/mol. The molecule has 4 heteroatoms. The van der Waals surface area contributed by atoms with E-state index in [0.29, 0.717) is 5.69 Å². The summed E-state index contributed by atoms with van der Waals surface area (Å²) in [5.74, 6) is -0.0130. The molecule has 0 radical (unpaired) electrons. The molecule has 0 heterocycles. The van der Waals surface area contributed by atoms with Gasteiger partial charge in [0.15, 0.2) is 9.84 Å². The summed E-state index contributed by atoms with van der Waals surface area (Å²) in [6.45, 7) is 6.39. The van der Waals surface area contributed by atoms with Gasteiger partial charge in [-0.05, 0) is 34.7 Å². The fraction of sp³-hybridized carbons (Fsp3) is 0.294. The van der Waals surface area contributed by atoms with Crippen molar-refractivity contribution in [1.82, 2.24) is 0 Å². The van der Waals surface area contributed by atoms with Crippen LogP contribution in [0.5, 0.6) is 0 Å². The molecule has 0 atom stereocenters. The van der Waals surface area contributed by atoms with Crippen LogP contribution in [0.3, 0.4) is 0 Å². The van der Waals surface area contributed by atoms with Crippen LogP contribution < -0.4 is 5.73 Å². The molecule has 21 heavy (non-hydrogen) atoms. The summed E-state index contributed by atoms with van der Waals surface area (Å²) in [7, 11) is -3.36. The molecule has 0 aliphatic heterocycles. The molecule has 0 saturated heterocycles. The number of anilines is 1. The van der Waals surface area contributed by atoms with E-state index in [1.54, 1.807) is 18.2 Å². The van der Waals surface area contributed by atoms with Gasteiger partial charge in [0.2, 0.25) is 0 Å². The number of nitrogens with two attached hydrogens (primary N) is 1. The van der Waals surface area contributed by atoms with Gasteiger partial charge in [-0.15, -0.1) is 0 Å². The van der Waals surface area contributed by atoms with E-state index in [-0.39, 0.29) is 16.1 Å². The molecular formula is C17H21NO2S. The fourth-order valence-electron chi connectivity index (χ4n) is 2.11. The predicted molar refractivity (Wildman–Crippen MR) is 86.9 cm³/mol. The van der Waals surface area contributed by atoms with Gasteiger partial charge in [0.1, 0.15) is 0 Å². The quantitative estimate of drug-likeness (QED) is 0.882. The lowest BCUT2D eigenvalue weighted by Gasteiger charge is -2.19. The summed E-state index contributed by atoms with van der Waals surface area (Å²) < 4.78 is 24.8. The summed E-state index contributed by atoms with van der Waals surface area (Å²) in [6, 6.07) is 14.2. The average Bonchev–Trinajstić information content (AvgIpc) is 2.38. The van der Waals surface area contributed by atoms with Crippen molar-refractivity contribution in [2.45, 2.75) is 36.8 Å². The minimum atomic E-state index is -3.36. The fourth-order valence-corrected chi connectivity index (χ4v) is 3.51. The zero-order valence-corrected chi connectivity index (χ0v) is 13.4. The molecule has 0 fully saturated rings. The van der Waals surface area contributed by atoms with Gasteiger partial charge in [-0.2, -0.15) is 0 Å². The van der Waals surface area contributed by atoms with Gasteiger partial charge < -0.3 is 5.73 Å². The molecule has 0 bridgehead atoms. The Hall–Kier alpha value is -1.81. The number of hydrogen-bond acceptors (Lipinski definition) is 3. The highest BCUT2D eigenvalue weighted by Gasteiger charge is 2.17. The van der Waals surface area contributed by atoms with E-state index >= 15 is 0 Å². The summed E-state index contributed by atoms with van der Waals surface area (Å²) in [5.41, 5.74) is 8.14. The molecule has 112 valence electrons. The van der Waals surface area contributed by atoms with Crippen molar-refractivity contribution in [3.63, 3.8) is 0 Å². The maximum absolute atomic E-state index is 12.4. The van der Waals surface area contributed by atoms with Gasteiger partial charge in [-0.3, -0.25) is 0 Å². The minimum absolute atomic E-state index is 0.0130. The molecule has 2 N–H and O–H groups in total. The van der Waals surface area contributed by atoms with Crippen molar-refractivity contribution in [3.8, 4) is 0 Å². The normalized spacial score (nSPS) is 12.3. The van der Waals surface area contributed by atoms with Gasteiger partial charge in [-0.25, -0.2) is 8.42 Å². The van der Waals surface area contributed by atoms with Crippen LogP contribution in [0.4, 0.5) is 5.69 Å². The number of hydrogen-bond donors (Lipinski definition) is 1. The molecule has 2 aromatic rings. The van der Waals surface area contributed by atoms with Crippen LogP contribution >= 0.6 is 0 Å². The third kappa shape index (κ3) is 3.85. The zero-order chi connectivity index (χ0) is 15.7. The smallest absolute Gasteiger partial charge is 0.182 e.